The molecule has 1 aliphatic carbocycles. The van der Waals surface area contributed by atoms with E-state index in [1.807, 2.05) is 0 Å². The van der Waals surface area contributed by atoms with Crippen molar-refractivity contribution < 1.29 is 32.0 Å². The first-order valence-electron chi connectivity index (χ1n) is 8.12. The Kier molecular flexibility index (Phi) is 5.45. The van der Waals surface area contributed by atoms with Crippen LogP contribution in [-0.2, 0) is 4.74 Å². The molecule has 1 aromatic heterocycles. The summed E-state index contributed by atoms with van der Waals surface area (Å²) >= 11 is -0.246. The summed E-state index contributed by atoms with van der Waals surface area (Å²) in [5.74, 6) is -1.06. The van der Waals surface area contributed by atoms with Crippen LogP contribution in [0, 0.1) is 0 Å². The van der Waals surface area contributed by atoms with Crippen molar-refractivity contribution in [3.05, 3.63) is 41.3 Å². The van der Waals surface area contributed by atoms with Crippen LogP contribution in [0.4, 0.5) is 18.9 Å². The highest BCUT2D eigenvalue weighted by molar-refractivity contribution is 8.00. The number of carbonyl (C=O) groups is 2. The maximum absolute atomic E-state index is 12.7. The molecule has 1 aliphatic rings. The number of benzene rings is 1. The summed E-state index contributed by atoms with van der Waals surface area (Å²) in [4.78, 5) is 24.7. The van der Waals surface area contributed by atoms with Crippen LogP contribution in [0.5, 0.6) is 0 Å². The lowest BCUT2D eigenvalue weighted by molar-refractivity contribution is -0.0328. The van der Waals surface area contributed by atoms with Crippen molar-refractivity contribution in [1.29, 1.82) is 0 Å². The fourth-order valence-electron chi connectivity index (χ4n) is 2.42. The molecule has 1 saturated carbocycles. The SMILES string of the molecule is CCOC(=O)c1noc(C2CC2)c1C(=O)Nc1ccc(SC(F)(F)F)cc1. The van der Waals surface area contributed by atoms with Gasteiger partial charge in [-0.1, -0.05) is 5.16 Å². The van der Waals surface area contributed by atoms with Crippen LogP contribution < -0.4 is 5.32 Å². The van der Waals surface area contributed by atoms with Gasteiger partial charge in [-0.3, -0.25) is 4.79 Å². The first kappa shape index (κ1) is 19.3. The number of halogens is 3. The number of aromatic nitrogens is 1. The van der Waals surface area contributed by atoms with Crippen LogP contribution >= 0.6 is 11.8 Å². The van der Waals surface area contributed by atoms with Crippen LogP contribution in [0.1, 0.15) is 52.3 Å². The van der Waals surface area contributed by atoms with Gasteiger partial charge in [0.2, 0.25) is 5.69 Å². The van der Waals surface area contributed by atoms with Gasteiger partial charge in [0.1, 0.15) is 5.56 Å². The van der Waals surface area contributed by atoms with Crippen LogP contribution in [0.15, 0.2) is 33.7 Å². The summed E-state index contributed by atoms with van der Waals surface area (Å²) in [6.45, 7) is 1.74. The van der Waals surface area contributed by atoms with Gasteiger partial charge in [-0.05, 0) is 55.8 Å². The highest BCUT2D eigenvalue weighted by Gasteiger charge is 2.37. The number of nitrogens with one attached hydrogen (secondary N) is 1. The maximum atomic E-state index is 12.7. The molecule has 10 heteroatoms. The van der Waals surface area contributed by atoms with Gasteiger partial charge in [0, 0.05) is 16.5 Å². The van der Waals surface area contributed by atoms with E-state index < -0.39 is 17.4 Å². The molecule has 0 aliphatic heterocycles. The van der Waals surface area contributed by atoms with E-state index in [1.165, 1.54) is 24.3 Å². The fraction of sp³-hybridized carbons (Fsp3) is 0.353. The summed E-state index contributed by atoms with van der Waals surface area (Å²) in [7, 11) is 0. The second-order valence-electron chi connectivity index (χ2n) is 5.79. The molecular formula is C17H15F3N2O4S. The number of alkyl halides is 3. The number of rotatable bonds is 6. The third-order valence-corrected chi connectivity index (χ3v) is 4.45. The molecule has 27 heavy (non-hydrogen) atoms. The van der Waals surface area contributed by atoms with E-state index in [4.69, 9.17) is 9.26 Å². The van der Waals surface area contributed by atoms with Crippen LogP contribution in [0.3, 0.4) is 0 Å². The zero-order valence-corrected chi connectivity index (χ0v) is 14.9. The third kappa shape index (κ3) is 4.82. The van der Waals surface area contributed by atoms with E-state index >= 15 is 0 Å². The van der Waals surface area contributed by atoms with Gasteiger partial charge in [-0.25, -0.2) is 4.79 Å². The quantitative estimate of drug-likeness (QED) is 0.564. The molecule has 0 bridgehead atoms. The van der Waals surface area contributed by atoms with Gasteiger partial charge in [0.15, 0.2) is 5.76 Å². The third-order valence-electron chi connectivity index (χ3n) is 3.71. The molecule has 0 radical (unpaired) electrons. The minimum absolute atomic E-state index is 0.00337. The Bertz CT molecular complexity index is 845. The van der Waals surface area contributed by atoms with Gasteiger partial charge in [0.05, 0.1) is 6.61 Å². The molecule has 0 atom stereocenters. The van der Waals surface area contributed by atoms with Crippen molar-refractivity contribution >= 4 is 29.3 Å². The van der Waals surface area contributed by atoms with E-state index in [0.29, 0.717) is 5.76 Å². The number of ether oxygens (including phenoxy) is 1. The largest absolute Gasteiger partial charge is 0.461 e. The van der Waals surface area contributed by atoms with Gasteiger partial charge >= 0.3 is 11.5 Å². The topological polar surface area (TPSA) is 81.4 Å². The standard InChI is InChI=1S/C17H15F3N2O4S/c1-2-25-16(24)13-12(14(26-22-13)9-3-4-9)15(23)21-10-5-7-11(8-6-10)27-17(18,19)20/h5-9H,2-4H2,1H3,(H,21,23). The lowest BCUT2D eigenvalue weighted by Gasteiger charge is -2.08. The Morgan fingerprint density at radius 2 is 1.96 bits per heavy atom. The monoisotopic (exact) mass is 400 g/mol. The van der Waals surface area contributed by atoms with E-state index in [-0.39, 0.29) is 46.1 Å². The Morgan fingerprint density at radius 3 is 2.52 bits per heavy atom. The predicted molar refractivity (Wildman–Crippen MR) is 90.7 cm³/mol. The summed E-state index contributed by atoms with van der Waals surface area (Å²) in [5.41, 5.74) is -4.31. The summed E-state index contributed by atoms with van der Waals surface area (Å²) in [6.07, 6.45) is 1.64. The van der Waals surface area contributed by atoms with E-state index in [9.17, 15) is 22.8 Å². The first-order valence-corrected chi connectivity index (χ1v) is 8.94. The smallest absolute Gasteiger partial charge is 0.446 e. The second kappa shape index (κ2) is 7.63. The average Bonchev–Trinajstić information content (AvgIpc) is 3.33. The van der Waals surface area contributed by atoms with Gasteiger partial charge < -0.3 is 14.6 Å². The number of anilines is 1. The molecule has 1 fully saturated rings. The zero-order valence-electron chi connectivity index (χ0n) is 14.1. The molecule has 1 heterocycles. The molecule has 3 rings (SSSR count). The number of hydrogen-bond donors (Lipinski definition) is 1. The molecule has 144 valence electrons. The zero-order chi connectivity index (χ0) is 19.6. The Balaban J connectivity index is 1.79. The van der Waals surface area contributed by atoms with Crippen molar-refractivity contribution in [3.63, 3.8) is 0 Å². The van der Waals surface area contributed by atoms with Crippen molar-refractivity contribution in [3.8, 4) is 0 Å². The average molecular weight is 400 g/mol. The normalized spacial score (nSPS) is 14.1. The lowest BCUT2D eigenvalue weighted by Crippen LogP contribution is -2.18. The molecule has 2 aromatic rings. The highest BCUT2D eigenvalue weighted by atomic mass is 32.2. The molecule has 1 aromatic carbocycles. The van der Waals surface area contributed by atoms with Gasteiger partial charge in [-0.2, -0.15) is 13.2 Å². The number of esters is 1. The molecule has 0 saturated heterocycles. The van der Waals surface area contributed by atoms with E-state index in [2.05, 4.69) is 10.5 Å². The van der Waals surface area contributed by atoms with Crippen LogP contribution in [0.2, 0.25) is 0 Å². The minimum Gasteiger partial charge on any atom is -0.461 e. The van der Waals surface area contributed by atoms with E-state index in [0.717, 1.165) is 12.8 Å². The maximum Gasteiger partial charge on any atom is 0.446 e. The van der Waals surface area contributed by atoms with E-state index in [1.54, 1.807) is 6.92 Å². The summed E-state index contributed by atoms with van der Waals surface area (Å²) in [5, 5.41) is 6.23. The fourth-order valence-corrected chi connectivity index (χ4v) is 2.96. The summed E-state index contributed by atoms with van der Waals surface area (Å²) < 4.78 is 47.2. The minimum atomic E-state index is -4.39. The Labute approximate surface area is 156 Å². The number of hydrogen-bond acceptors (Lipinski definition) is 6. The predicted octanol–water partition coefficient (Wildman–Crippen LogP) is 4.59. The number of thioether (sulfide) groups is 1. The van der Waals surface area contributed by atoms with Gasteiger partial charge in [0.25, 0.3) is 5.91 Å². The number of nitrogens with zero attached hydrogens (tertiary/aromatic N) is 1. The molecular weight excluding hydrogens is 385 g/mol. The Hall–Kier alpha value is -2.49. The second-order valence-corrected chi connectivity index (χ2v) is 6.93. The lowest BCUT2D eigenvalue weighted by atomic mass is 10.1. The molecule has 1 N–H and O–H groups in total. The molecule has 6 nitrogen and oxygen atoms in total. The van der Waals surface area contributed by atoms with Crippen molar-refractivity contribution in [1.82, 2.24) is 5.16 Å². The molecule has 0 unspecified atom stereocenters. The highest BCUT2D eigenvalue weighted by Crippen LogP contribution is 2.43. The Morgan fingerprint density at radius 1 is 1.30 bits per heavy atom. The van der Waals surface area contributed by atoms with Crippen LogP contribution in [-0.4, -0.2) is 29.1 Å². The van der Waals surface area contributed by atoms with Crippen LogP contribution in [0.25, 0.3) is 0 Å². The van der Waals surface area contributed by atoms with Gasteiger partial charge in [-0.15, -0.1) is 0 Å². The van der Waals surface area contributed by atoms with Crippen molar-refractivity contribution in [2.45, 2.75) is 36.1 Å². The molecule has 0 spiro atoms. The van der Waals surface area contributed by atoms with Crippen molar-refractivity contribution in [2.75, 3.05) is 11.9 Å². The summed E-state index contributed by atoms with van der Waals surface area (Å²) in [6, 6.07) is 5.19. The number of amides is 1. The number of carbonyl (C=O) groups excluding carboxylic acids is 2. The van der Waals surface area contributed by atoms with Crippen molar-refractivity contribution in [2.24, 2.45) is 0 Å². The first-order chi connectivity index (χ1) is 12.8. The molecule has 1 amide bonds.